The van der Waals surface area contributed by atoms with Gasteiger partial charge in [0.15, 0.2) is 0 Å². The van der Waals surface area contributed by atoms with Gasteiger partial charge in [-0.1, -0.05) is 13.3 Å². The highest BCUT2D eigenvalue weighted by molar-refractivity contribution is 5.77. The Balaban J connectivity index is 3.24. The first-order valence-electron chi connectivity index (χ1n) is 6.68. The predicted molar refractivity (Wildman–Crippen MR) is 70.6 cm³/mol. The van der Waals surface area contributed by atoms with Crippen LogP contribution in [-0.4, -0.2) is 43.0 Å². The Morgan fingerprint density at radius 3 is 2.17 bits per heavy atom. The molecule has 0 aromatic heterocycles. The molecule has 0 fully saturated rings. The molecular weight excluding hydrogens is 234 g/mol. The largest absolute Gasteiger partial charge is 0.480 e. The molecule has 5 heteroatoms. The molecule has 0 aromatic carbocycles. The Labute approximate surface area is 110 Å². The third-order valence-electron chi connectivity index (χ3n) is 2.74. The lowest BCUT2D eigenvalue weighted by atomic mass is 9.97. The molecule has 3 N–H and O–H groups in total. The molecule has 0 amide bonds. The van der Waals surface area contributed by atoms with Crippen LogP contribution in [0.5, 0.6) is 0 Å². The number of aliphatic carboxylic acids is 1. The molecule has 0 aliphatic rings. The van der Waals surface area contributed by atoms with Gasteiger partial charge in [-0.3, -0.25) is 4.79 Å². The van der Waals surface area contributed by atoms with Crippen molar-refractivity contribution in [1.82, 2.24) is 0 Å². The average Bonchev–Trinajstić information content (AvgIpc) is 2.31. The van der Waals surface area contributed by atoms with Crippen LogP contribution >= 0.6 is 0 Å². The summed E-state index contributed by atoms with van der Waals surface area (Å²) in [6.45, 7) is 6.32. The lowest BCUT2D eigenvalue weighted by Gasteiger charge is -2.18. The molecule has 0 rings (SSSR count). The minimum Gasteiger partial charge on any atom is -0.480 e. The molecule has 0 aliphatic heterocycles. The Hall–Kier alpha value is -0.650. The molecule has 108 valence electrons. The number of hydrogen-bond acceptors (Lipinski definition) is 4. The fraction of sp³-hybridized carbons (Fsp3) is 0.923. The van der Waals surface area contributed by atoms with Gasteiger partial charge in [-0.2, -0.15) is 0 Å². The third-order valence-corrected chi connectivity index (χ3v) is 2.74. The van der Waals surface area contributed by atoms with E-state index in [0.29, 0.717) is 26.2 Å². The van der Waals surface area contributed by atoms with Gasteiger partial charge in [0.05, 0.1) is 13.2 Å². The average molecular weight is 261 g/mol. The summed E-state index contributed by atoms with van der Waals surface area (Å²) in [4.78, 5) is 10.7. The fourth-order valence-electron chi connectivity index (χ4n) is 1.37. The van der Waals surface area contributed by atoms with Crippen LogP contribution in [0.25, 0.3) is 0 Å². The van der Waals surface area contributed by atoms with Crippen molar-refractivity contribution in [3.8, 4) is 0 Å². The van der Waals surface area contributed by atoms with Crippen LogP contribution in [0.2, 0.25) is 0 Å². The van der Waals surface area contributed by atoms with Gasteiger partial charge in [0.1, 0.15) is 5.54 Å². The number of hydrogen-bond donors (Lipinski definition) is 2. The molecule has 18 heavy (non-hydrogen) atoms. The van der Waals surface area contributed by atoms with Gasteiger partial charge >= 0.3 is 5.97 Å². The van der Waals surface area contributed by atoms with E-state index in [9.17, 15) is 4.79 Å². The lowest BCUT2D eigenvalue weighted by Crippen LogP contribution is -2.44. The van der Waals surface area contributed by atoms with Crippen molar-refractivity contribution in [2.75, 3.05) is 26.4 Å². The van der Waals surface area contributed by atoms with Crippen molar-refractivity contribution in [1.29, 1.82) is 0 Å². The summed E-state index contributed by atoms with van der Waals surface area (Å²) < 4.78 is 10.7. The quantitative estimate of drug-likeness (QED) is 0.523. The Morgan fingerprint density at radius 1 is 1.11 bits per heavy atom. The second kappa shape index (κ2) is 10.3. The smallest absolute Gasteiger partial charge is 0.323 e. The lowest BCUT2D eigenvalue weighted by molar-refractivity contribution is -0.142. The van der Waals surface area contributed by atoms with Gasteiger partial charge in [0, 0.05) is 13.2 Å². The van der Waals surface area contributed by atoms with E-state index in [2.05, 4.69) is 6.92 Å². The number of carboxylic acids is 1. The number of rotatable bonds is 12. The van der Waals surface area contributed by atoms with Crippen LogP contribution in [0.15, 0.2) is 0 Å². The number of ether oxygens (including phenoxy) is 2. The molecule has 1 atom stereocenters. The van der Waals surface area contributed by atoms with Gasteiger partial charge < -0.3 is 20.3 Å². The normalized spacial score (nSPS) is 14.4. The van der Waals surface area contributed by atoms with Crippen molar-refractivity contribution in [3.05, 3.63) is 0 Å². The first-order chi connectivity index (χ1) is 8.50. The zero-order valence-electron chi connectivity index (χ0n) is 11.6. The molecule has 0 saturated carbocycles. The maximum Gasteiger partial charge on any atom is 0.323 e. The van der Waals surface area contributed by atoms with Crippen LogP contribution in [0.4, 0.5) is 0 Å². The highest BCUT2D eigenvalue weighted by atomic mass is 16.5. The molecule has 5 nitrogen and oxygen atoms in total. The van der Waals surface area contributed by atoms with Crippen molar-refractivity contribution in [2.45, 2.75) is 51.5 Å². The number of carbonyl (C=O) groups is 1. The van der Waals surface area contributed by atoms with E-state index in [1.165, 1.54) is 6.92 Å². The van der Waals surface area contributed by atoms with Gasteiger partial charge in [-0.15, -0.1) is 0 Å². The molecule has 0 aromatic rings. The SMILES string of the molecule is CCCCOCCOCCCCC(C)(N)C(=O)O. The summed E-state index contributed by atoms with van der Waals surface area (Å²) in [7, 11) is 0. The minimum atomic E-state index is -1.12. The Morgan fingerprint density at radius 2 is 1.67 bits per heavy atom. The van der Waals surface area contributed by atoms with Gasteiger partial charge in [-0.25, -0.2) is 0 Å². The van der Waals surface area contributed by atoms with Crippen LogP contribution in [0, 0.1) is 0 Å². The summed E-state index contributed by atoms with van der Waals surface area (Å²) in [5, 5.41) is 8.81. The van der Waals surface area contributed by atoms with Crippen LogP contribution < -0.4 is 5.73 Å². The molecule has 0 aliphatic carbocycles. The zero-order chi connectivity index (χ0) is 13.9. The summed E-state index contributed by atoms with van der Waals surface area (Å²) >= 11 is 0. The molecule has 0 bridgehead atoms. The van der Waals surface area contributed by atoms with E-state index in [-0.39, 0.29) is 0 Å². The molecule has 0 radical (unpaired) electrons. The predicted octanol–water partition coefficient (Wildman–Crippen LogP) is 1.79. The summed E-state index contributed by atoms with van der Waals surface area (Å²) in [5.74, 6) is -0.951. The van der Waals surface area contributed by atoms with Gasteiger partial charge in [-0.05, 0) is 32.6 Å². The van der Waals surface area contributed by atoms with Crippen molar-refractivity contribution >= 4 is 5.97 Å². The fourth-order valence-corrected chi connectivity index (χ4v) is 1.37. The maximum absolute atomic E-state index is 10.7. The van der Waals surface area contributed by atoms with Crippen molar-refractivity contribution in [3.63, 3.8) is 0 Å². The summed E-state index contributed by atoms with van der Waals surface area (Å²) in [5.41, 5.74) is 4.49. The van der Waals surface area contributed by atoms with Gasteiger partial charge in [0.2, 0.25) is 0 Å². The second-order valence-electron chi connectivity index (χ2n) is 4.76. The van der Waals surface area contributed by atoms with E-state index >= 15 is 0 Å². The van der Waals surface area contributed by atoms with E-state index in [4.69, 9.17) is 20.3 Å². The molecule has 1 unspecified atom stereocenters. The summed E-state index contributed by atoms with van der Waals surface area (Å²) in [6.07, 6.45) is 4.29. The highest BCUT2D eigenvalue weighted by Gasteiger charge is 2.26. The van der Waals surface area contributed by atoms with E-state index in [1.54, 1.807) is 0 Å². The first-order valence-corrected chi connectivity index (χ1v) is 6.68. The molecule has 0 saturated heterocycles. The van der Waals surface area contributed by atoms with E-state index in [0.717, 1.165) is 32.3 Å². The Kier molecular flexibility index (Phi) is 9.92. The van der Waals surface area contributed by atoms with E-state index in [1.807, 2.05) is 0 Å². The monoisotopic (exact) mass is 261 g/mol. The number of unbranched alkanes of at least 4 members (excludes halogenated alkanes) is 2. The van der Waals surface area contributed by atoms with Gasteiger partial charge in [0.25, 0.3) is 0 Å². The van der Waals surface area contributed by atoms with Crippen LogP contribution in [-0.2, 0) is 14.3 Å². The van der Waals surface area contributed by atoms with Crippen molar-refractivity contribution in [2.24, 2.45) is 5.73 Å². The summed E-state index contributed by atoms with van der Waals surface area (Å²) in [6, 6.07) is 0. The Bertz CT molecular complexity index is 219. The highest BCUT2D eigenvalue weighted by Crippen LogP contribution is 2.10. The van der Waals surface area contributed by atoms with E-state index < -0.39 is 11.5 Å². The molecule has 0 heterocycles. The first kappa shape index (κ1) is 17.4. The van der Waals surface area contributed by atoms with Crippen molar-refractivity contribution < 1.29 is 19.4 Å². The molecule has 0 spiro atoms. The van der Waals surface area contributed by atoms with Crippen LogP contribution in [0.1, 0.15) is 46.0 Å². The second-order valence-corrected chi connectivity index (χ2v) is 4.76. The number of nitrogens with two attached hydrogens (primary N) is 1. The standard InChI is InChI=1S/C13H27NO4/c1-3-4-8-17-10-11-18-9-6-5-7-13(2,14)12(15)16/h3-11,14H2,1-2H3,(H,15,16). The number of carboxylic acid groups (broad SMARTS) is 1. The topological polar surface area (TPSA) is 81.8 Å². The zero-order valence-corrected chi connectivity index (χ0v) is 11.6. The minimum absolute atomic E-state index is 0.471. The maximum atomic E-state index is 10.7. The third kappa shape index (κ3) is 9.39. The van der Waals surface area contributed by atoms with Crippen LogP contribution in [0.3, 0.4) is 0 Å². The molecular formula is C13H27NO4.